The molecule has 0 radical (unpaired) electrons. The Balaban J connectivity index is 2.87. The molecule has 1 rings (SSSR count). The van der Waals surface area contributed by atoms with E-state index in [9.17, 15) is 4.79 Å². The van der Waals surface area contributed by atoms with Gasteiger partial charge in [0.2, 0.25) is 0 Å². The van der Waals surface area contributed by atoms with Crippen molar-refractivity contribution in [2.24, 2.45) is 0 Å². The number of ether oxygens (including phenoxy) is 1. The summed E-state index contributed by atoms with van der Waals surface area (Å²) >= 11 is 0. The summed E-state index contributed by atoms with van der Waals surface area (Å²) in [6.07, 6.45) is 0.119. The van der Waals surface area contributed by atoms with Gasteiger partial charge in [0.05, 0.1) is 25.0 Å². The fourth-order valence-corrected chi connectivity index (χ4v) is 1.83. The number of rotatable bonds is 4. The normalized spacial score (nSPS) is 11.6. The third-order valence-corrected chi connectivity index (χ3v) is 2.63. The number of nitriles is 1. The van der Waals surface area contributed by atoms with E-state index in [1.807, 2.05) is 32.0 Å². The summed E-state index contributed by atoms with van der Waals surface area (Å²) in [4.78, 5) is 11.4. The highest BCUT2D eigenvalue weighted by Gasteiger charge is 2.17. The summed E-state index contributed by atoms with van der Waals surface area (Å²) in [5.41, 5.74) is 3.10. The molecule has 0 saturated carbocycles. The van der Waals surface area contributed by atoms with Gasteiger partial charge < -0.3 is 4.74 Å². The van der Waals surface area contributed by atoms with Crippen molar-refractivity contribution in [2.75, 3.05) is 6.61 Å². The molecule has 1 aromatic rings. The largest absolute Gasteiger partial charge is 0.466 e. The zero-order valence-corrected chi connectivity index (χ0v) is 10.5. The second kappa shape index (κ2) is 6.05. The van der Waals surface area contributed by atoms with Crippen LogP contribution in [0.1, 0.15) is 36.0 Å². The zero-order chi connectivity index (χ0) is 12.8. The predicted octanol–water partition coefficient (Wildman–Crippen LogP) is 2.86. The average molecular weight is 231 g/mol. The van der Waals surface area contributed by atoms with Crippen molar-refractivity contribution in [3.8, 4) is 6.07 Å². The first kappa shape index (κ1) is 13.2. The van der Waals surface area contributed by atoms with Crippen LogP contribution in [0.3, 0.4) is 0 Å². The molecular weight excluding hydrogens is 214 g/mol. The molecule has 17 heavy (non-hydrogen) atoms. The summed E-state index contributed by atoms with van der Waals surface area (Å²) in [5.74, 6) is -0.742. The molecular formula is C14H17NO2. The van der Waals surface area contributed by atoms with Crippen LogP contribution in [0.15, 0.2) is 18.2 Å². The molecule has 0 bridgehead atoms. The van der Waals surface area contributed by atoms with E-state index in [1.165, 1.54) is 0 Å². The Bertz CT molecular complexity index is 446. The summed E-state index contributed by atoms with van der Waals surface area (Å²) in [6, 6.07) is 8.06. The number of benzene rings is 1. The Labute approximate surface area is 102 Å². The monoisotopic (exact) mass is 231 g/mol. The van der Waals surface area contributed by atoms with Gasteiger partial charge in [0.25, 0.3) is 0 Å². The lowest BCUT2D eigenvalue weighted by molar-refractivity contribution is -0.143. The van der Waals surface area contributed by atoms with Crippen LogP contribution in [0.25, 0.3) is 0 Å². The van der Waals surface area contributed by atoms with Gasteiger partial charge in [-0.2, -0.15) is 5.26 Å². The summed E-state index contributed by atoms with van der Waals surface area (Å²) in [7, 11) is 0. The van der Waals surface area contributed by atoms with Crippen molar-refractivity contribution in [2.45, 2.75) is 33.1 Å². The topological polar surface area (TPSA) is 50.1 Å². The Kier molecular flexibility index (Phi) is 4.71. The van der Waals surface area contributed by atoms with E-state index in [4.69, 9.17) is 10.00 Å². The number of nitrogens with zero attached hydrogens (tertiary/aromatic N) is 1. The lowest BCUT2D eigenvalue weighted by atomic mass is 9.92. The van der Waals surface area contributed by atoms with Crippen molar-refractivity contribution in [1.82, 2.24) is 0 Å². The zero-order valence-electron chi connectivity index (χ0n) is 10.5. The molecule has 0 amide bonds. The molecule has 1 atom stereocenters. The molecule has 3 nitrogen and oxygen atoms in total. The van der Waals surface area contributed by atoms with Crippen LogP contribution >= 0.6 is 0 Å². The van der Waals surface area contributed by atoms with Crippen molar-refractivity contribution >= 4 is 5.97 Å². The number of carbonyl (C=O) groups excluding carboxylic acids is 1. The molecule has 1 aromatic carbocycles. The summed E-state index contributed by atoms with van der Waals surface area (Å²) in [6.45, 7) is 6.07. The molecule has 0 N–H and O–H groups in total. The quantitative estimate of drug-likeness (QED) is 0.749. The Morgan fingerprint density at radius 2 is 2.18 bits per heavy atom. The second-order valence-corrected chi connectivity index (χ2v) is 4.05. The maximum atomic E-state index is 11.4. The first-order valence-corrected chi connectivity index (χ1v) is 5.70. The highest BCUT2D eigenvalue weighted by molar-refractivity contribution is 5.71. The van der Waals surface area contributed by atoms with Crippen molar-refractivity contribution in [3.05, 3.63) is 34.9 Å². The molecule has 0 heterocycles. The van der Waals surface area contributed by atoms with E-state index in [0.717, 1.165) is 16.7 Å². The molecule has 0 fully saturated rings. The molecule has 1 unspecified atom stereocenters. The van der Waals surface area contributed by atoms with Crippen molar-refractivity contribution in [1.29, 1.82) is 5.26 Å². The van der Waals surface area contributed by atoms with Crippen LogP contribution in [0.5, 0.6) is 0 Å². The molecule has 0 aliphatic rings. The lowest BCUT2D eigenvalue weighted by Crippen LogP contribution is -2.10. The van der Waals surface area contributed by atoms with Gasteiger partial charge in [-0.3, -0.25) is 4.79 Å². The predicted molar refractivity (Wildman–Crippen MR) is 65.5 cm³/mol. The summed E-state index contributed by atoms with van der Waals surface area (Å²) < 4.78 is 4.87. The van der Waals surface area contributed by atoms with Gasteiger partial charge in [-0.1, -0.05) is 23.8 Å². The van der Waals surface area contributed by atoms with Gasteiger partial charge in [0.1, 0.15) is 0 Å². The molecule has 0 aromatic heterocycles. The Morgan fingerprint density at radius 1 is 1.47 bits per heavy atom. The number of hydrogen-bond donors (Lipinski definition) is 0. The summed E-state index contributed by atoms with van der Waals surface area (Å²) in [5, 5.41) is 9.13. The minimum atomic E-state index is -0.422. The number of aryl methyl sites for hydroxylation is 2. The van der Waals surface area contributed by atoms with Gasteiger partial charge in [-0.05, 0) is 31.9 Å². The van der Waals surface area contributed by atoms with E-state index < -0.39 is 5.92 Å². The smallest absolute Gasteiger partial charge is 0.307 e. The third kappa shape index (κ3) is 3.60. The van der Waals surface area contributed by atoms with Crippen LogP contribution in [0, 0.1) is 25.2 Å². The molecule has 90 valence electrons. The third-order valence-electron chi connectivity index (χ3n) is 2.63. The average Bonchev–Trinajstić information content (AvgIpc) is 2.27. The van der Waals surface area contributed by atoms with E-state index in [1.54, 1.807) is 6.92 Å². The second-order valence-electron chi connectivity index (χ2n) is 4.05. The van der Waals surface area contributed by atoms with Gasteiger partial charge in [0.15, 0.2) is 0 Å². The van der Waals surface area contributed by atoms with Crippen molar-refractivity contribution in [3.63, 3.8) is 0 Å². The molecule has 0 spiro atoms. The van der Waals surface area contributed by atoms with Crippen LogP contribution in [-0.4, -0.2) is 12.6 Å². The minimum Gasteiger partial charge on any atom is -0.466 e. The van der Waals surface area contributed by atoms with Crippen LogP contribution in [0.4, 0.5) is 0 Å². The molecule has 0 saturated heterocycles. The van der Waals surface area contributed by atoms with E-state index in [2.05, 4.69) is 6.07 Å². The van der Waals surface area contributed by atoms with Crippen molar-refractivity contribution < 1.29 is 9.53 Å². The van der Waals surface area contributed by atoms with E-state index >= 15 is 0 Å². The van der Waals surface area contributed by atoms with Gasteiger partial charge >= 0.3 is 5.97 Å². The lowest BCUT2D eigenvalue weighted by Gasteiger charge is -2.12. The Morgan fingerprint density at radius 3 is 2.71 bits per heavy atom. The molecule has 3 heteroatoms. The first-order chi connectivity index (χ1) is 8.08. The van der Waals surface area contributed by atoms with E-state index in [-0.39, 0.29) is 12.4 Å². The SMILES string of the molecule is CCOC(=O)CC(C#N)c1ccc(C)cc1C. The fraction of sp³-hybridized carbons (Fsp3) is 0.429. The number of hydrogen-bond acceptors (Lipinski definition) is 3. The van der Waals surface area contributed by atoms with E-state index in [0.29, 0.717) is 6.61 Å². The molecule has 0 aliphatic heterocycles. The number of carbonyl (C=O) groups is 1. The van der Waals surface area contributed by atoms with Crippen LogP contribution < -0.4 is 0 Å². The highest BCUT2D eigenvalue weighted by Crippen LogP contribution is 2.23. The van der Waals surface area contributed by atoms with Gasteiger partial charge in [0, 0.05) is 0 Å². The Hall–Kier alpha value is -1.82. The highest BCUT2D eigenvalue weighted by atomic mass is 16.5. The van der Waals surface area contributed by atoms with Crippen LogP contribution in [-0.2, 0) is 9.53 Å². The molecule has 0 aliphatic carbocycles. The fourth-order valence-electron chi connectivity index (χ4n) is 1.83. The maximum absolute atomic E-state index is 11.4. The minimum absolute atomic E-state index is 0.119. The van der Waals surface area contributed by atoms with Gasteiger partial charge in [-0.15, -0.1) is 0 Å². The number of esters is 1. The standard InChI is InChI=1S/C14H17NO2/c1-4-17-14(16)8-12(9-15)13-6-5-10(2)7-11(13)3/h5-7,12H,4,8H2,1-3H3. The van der Waals surface area contributed by atoms with Crippen LogP contribution in [0.2, 0.25) is 0 Å². The van der Waals surface area contributed by atoms with Gasteiger partial charge in [-0.25, -0.2) is 0 Å². The first-order valence-electron chi connectivity index (χ1n) is 5.70. The maximum Gasteiger partial charge on any atom is 0.307 e.